The Morgan fingerprint density at radius 2 is 1.81 bits per heavy atom. The molecule has 0 saturated carbocycles. The molecule has 9 heteroatoms. The van der Waals surface area contributed by atoms with Gasteiger partial charge in [0.05, 0.1) is 12.3 Å². The molecule has 1 aromatic heterocycles. The molecule has 0 N–H and O–H groups in total. The van der Waals surface area contributed by atoms with Gasteiger partial charge in [-0.15, -0.1) is 0 Å². The van der Waals surface area contributed by atoms with Gasteiger partial charge in [-0.05, 0) is 29.8 Å². The highest BCUT2D eigenvalue weighted by Crippen LogP contribution is 2.21. The van der Waals surface area contributed by atoms with Crippen LogP contribution in [0.5, 0.6) is 0 Å². The second-order valence-electron chi connectivity index (χ2n) is 5.66. The van der Waals surface area contributed by atoms with Crippen molar-refractivity contribution in [2.75, 3.05) is 7.05 Å². The van der Waals surface area contributed by atoms with Crippen LogP contribution in [0.15, 0.2) is 53.1 Å². The third kappa shape index (κ3) is 4.62. The van der Waals surface area contributed by atoms with Gasteiger partial charge in [0.1, 0.15) is 0 Å². The van der Waals surface area contributed by atoms with Crippen LogP contribution < -0.4 is 0 Å². The van der Waals surface area contributed by atoms with Gasteiger partial charge in [-0.3, -0.25) is 0 Å². The van der Waals surface area contributed by atoms with Crippen LogP contribution in [0.4, 0.5) is 0 Å². The average Bonchev–Trinajstić information content (AvgIpc) is 3.05. The Morgan fingerprint density at radius 1 is 1.08 bits per heavy atom. The third-order valence-electron chi connectivity index (χ3n) is 3.65. The number of halogens is 2. The fraction of sp³-hybridized carbons (Fsp3) is 0.176. The molecular formula is C17H15Cl2N3O3S. The molecule has 0 radical (unpaired) electrons. The number of hydrogen-bond donors (Lipinski definition) is 0. The number of sulfonamides is 1. The van der Waals surface area contributed by atoms with E-state index in [-0.39, 0.29) is 18.2 Å². The number of hydrogen-bond acceptors (Lipinski definition) is 5. The van der Waals surface area contributed by atoms with Crippen LogP contribution in [-0.2, 0) is 22.3 Å². The standard InChI is InChI=1S/C17H15Cl2N3O3S/c1-22(26(23,24)11-12-5-7-14(18)8-6-12)10-16-20-17(21-25-16)13-3-2-4-15(19)9-13/h2-9H,10-11H2,1H3. The van der Waals surface area contributed by atoms with Gasteiger partial charge in [-0.1, -0.05) is 52.6 Å². The summed E-state index contributed by atoms with van der Waals surface area (Å²) in [5.74, 6) is 0.406. The van der Waals surface area contributed by atoms with E-state index in [1.165, 1.54) is 11.4 Å². The van der Waals surface area contributed by atoms with Crippen LogP contribution >= 0.6 is 23.2 Å². The summed E-state index contributed by atoms with van der Waals surface area (Å²) in [5.41, 5.74) is 1.34. The normalized spacial score (nSPS) is 11.8. The van der Waals surface area contributed by atoms with Crippen LogP contribution in [0.25, 0.3) is 11.4 Å². The van der Waals surface area contributed by atoms with Crippen LogP contribution in [-0.4, -0.2) is 29.9 Å². The van der Waals surface area contributed by atoms with E-state index in [0.717, 1.165) is 0 Å². The minimum Gasteiger partial charge on any atom is -0.338 e. The summed E-state index contributed by atoms with van der Waals surface area (Å²) >= 11 is 11.8. The lowest BCUT2D eigenvalue weighted by molar-refractivity contribution is 0.336. The highest BCUT2D eigenvalue weighted by Gasteiger charge is 2.21. The van der Waals surface area contributed by atoms with Crippen molar-refractivity contribution in [2.45, 2.75) is 12.3 Å². The van der Waals surface area contributed by atoms with Crippen molar-refractivity contribution in [1.29, 1.82) is 0 Å². The van der Waals surface area contributed by atoms with Crippen molar-refractivity contribution in [1.82, 2.24) is 14.4 Å². The van der Waals surface area contributed by atoms with E-state index >= 15 is 0 Å². The van der Waals surface area contributed by atoms with Crippen molar-refractivity contribution in [3.8, 4) is 11.4 Å². The van der Waals surface area contributed by atoms with E-state index in [2.05, 4.69) is 10.1 Å². The van der Waals surface area contributed by atoms with E-state index < -0.39 is 10.0 Å². The largest absolute Gasteiger partial charge is 0.338 e. The molecule has 1 heterocycles. The van der Waals surface area contributed by atoms with Gasteiger partial charge in [0.2, 0.25) is 21.7 Å². The Labute approximate surface area is 161 Å². The van der Waals surface area contributed by atoms with Gasteiger partial charge in [-0.2, -0.15) is 9.29 Å². The maximum atomic E-state index is 12.5. The lowest BCUT2D eigenvalue weighted by Gasteiger charge is -2.15. The highest BCUT2D eigenvalue weighted by molar-refractivity contribution is 7.88. The number of rotatable bonds is 6. The summed E-state index contributed by atoms with van der Waals surface area (Å²) in [6.07, 6.45) is 0. The first-order chi connectivity index (χ1) is 12.3. The Kier molecular flexibility index (Phi) is 5.62. The van der Waals surface area contributed by atoms with Gasteiger partial charge < -0.3 is 4.52 Å². The van der Waals surface area contributed by atoms with E-state index in [0.29, 0.717) is 27.0 Å². The topological polar surface area (TPSA) is 76.3 Å². The Morgan fingerprint density at radius 3 is 2.50 bits per heavy atom. The van der Waals surface area contributed by atoms with Crippen molar-refractivity contribution >= 4 is 33.2 Å². The molecule has 0 fully saturated rings. The molecule has 0 atom stereocenters. The van der Waals surface area contributed by atoms with Gasteiger partial charge in [0.15, 0.2) is 0 Å². The molecule has 0 amide bonds. The molecule has 0 bridgehead atoms. The number of benzene rings is 2. The van der Waals surface area contributed by atoms with Crippen molar-refractivity contribution in [3.05, 3.63) is 70.0 Å². The average molecular weight is 412 g/mol. The van der Waals surface area contributed by atoms with Crippen LogP contribution in [0.3, 0.4) is 0 Å². The summed E-state index contributed by atoms with van der Waals surface area (Å²) < 4.78 is 31.3. The van der Waals surface area contributed by atoms with Crippen molar-refractivity contribution in [3.63, 3.8) is 0 Å². The molecule has 0 aliphatic heterocycles. The molecule has 6 nitrogen and oxygen atoms in total. The molecule has 0 aliphatic rings. The van der Waals surface area contributed by atoms with Crippen molar-refractivity contribution in [2.24, 2.45) is 0 Å². The molecule has 26 heavy (non-hydrogen) atoms. The minimum absolute atomic E-state index is 0.0243. The smallest absolute Gasteiger partial charge is 0.242 e. The molecule has 0 saturated heterocycles. The lowest BCUT2D eigenvalue weighted by atomic mass is 10.2. The molecule has 3 aromatic rings. The van der Waals surface area contributed by atoms with Gasteiger partial charge in [0.25, 0.3) is 0 Å². The summed E-state index contributed by atoms with van der Waals surface area (Å²) in [4.78, 5) is 4.23. The van der Waals surface area contributed by atoms with Gasteiger partial charge in [-0.25, -0.2) is 8.42 Å². The van der Waals surface area contributed by atoms with Crippen molar-refractivity contribution < 1.29 is 12.9 Å². The summed E-state index contributed by atoms with van der Waals surface area (Å²) in [5, 5.41) is 4.98. The molecule has 2 aromatic carbocycles. The molecule has 136 valence electrons. The quantitative estimate of drug-likeness (QED) is 0.612. The van der Waals surface area contributed by atoms with E-state index in [4.69, 9.17) is 27.7 Å². The van der Waals surface area contributed by atoms with E-state index in [9.17, 15) is 8.42 Å². The minimum atomic E-state index is -3.55. The molecular weight excluding hydrogens is 397 g/mol. The first-order valence-electron chi connectivity index (χ1n) is 7.60. The maximum absolute atomic E-state index is 12.5. The van der Waals surface area contributed by atoms with E-state index in [1.807, 2.05) is 0 Å². The number of nitrogens with zero attached hydrogens (tertiary/aromatic N) is 3. The fourth-order valence-corrected chi connectivity index (χ4v) is 3.71. The Balaban J connectivity index is 1.71. The zero-order chi connectivity index (χ0) is 18.7. The Bertz CT molecular complexity index is 1000. The van der Waals surface area contributed by atoms with Crippen LogP contribution in [0, 0.1) is 0 Å². The number of aromatic nitrogens is 2. The van der Waals surface area contributed by atoms with Crippen LogP contribution in [0.1, 0.15) is 11.5 Å². The summed E-state index contributed by atoms with van der Waals surface area (Å²) in [6.45, 7) is -0.0243. The molecule has 3 rings (SSSR count). The predicted molar refractivity (Wildman–Crippen MR) is 100 cm³/mol. The molecule has 0 aliphatic carbocycles. The molecule has 0 unspecified atom stereocenters. The Hall–Kier alpha value is -1.93. The maximum Gasteiger partial charge on any atom is 0.242 e. The predicted octanol–water partition coefficient (Wildman–Crippen LogP) is 4.01. The fourth-order valence-electron chi connectivity index (χ4n) is 2.25. The first-order valence-corrected chi connectivity index (χ1v) is 9.97. The van der Waals surface area contributed by atoms with E-state index in [1.54, 1.807) is 48.5 Å². The first kappa shape index (κ1) is 18.8. The summed E-state index contributed by atoms with van der Waals surface area (Å²) in [7, 11) is -2.08. The monoisotopic (exact) mass is 411 g/mol. The second kappa shape index (κ2) is 7.75. The lowest BCUT2D eigenvalue weighted by Crippen LogP contribution is -2.27. The zero-order valence-electron chi connectivity index (χ0n) is 13.8. The van der Waals surface area contributed by atoms with Gasteiger partial charge in [0, 0.05) is 22.7 Å². The highest BCUT2D eigenvalue weighted by atomic mass is 35.5. The SMILES string of the molecule is CN(Cc1nc(-c2cccc(Cl)c2)no1)S(=O)(=O)Cc1ccc(Cl)cc1. The summed E-state index contributed by atoms with van der Waals surface area (Å²) in [6, 6.07) is 13.7. The third-order valence-corrected chi connectivity index (χ3v) is 5.91. The van der Waals surface area contributed by atoms with Gasteiger partial charge >= 0.3 is 0 Å². The van der Waals surface area contributed by atoms with Crippen LogP contribution in [0.2, 0.25) is 10.0 Å². The molecule has 0 spiro atoms. The second-order valence-corrected chi connectivity index (χ2v) is 8.61. The zero-order valence-corrected chi connectivity index (χ0v) is 16.1.